The minimum Gasteiger partial charge on any atom is -0.469 e. The predicted octanol–water partition coefficient (Wildman–Crippen LogP) is 1.56. The van der Waals surface area contributed by atoms with E-state index in [2.05, 4.69) is 9.71 Å². The second-order valence-electron chi connectivity index (χ2n) is 4.56. The molecule has 2 rings (SSSR count). The molecule has 0 aliphatic carbocycles. The Labute approximate surface area is 118 Å². The van der Waals surface area contributed by atoms with Crippen molar-refractivity contribution < 1.29 is 12.8 Å². The zero-order chi connectivity index (χ0) is 14.6. The molecule has 0 amide bonds. The maximum Gasteiger partial charge on any atom is 0.242 e. The van der Waals surface area contributed by atoms with Crippen molar-refractivity contribution in [1.82, 2.24) is 9.71 Å². The van der Waals surface area contributed by atoms with Crippen molar-refractivity contribution in [2.75, 3.05) is 5.73 Å². The van der Waals surface area contributed by atoms with Crippen LogP contribution in [0.4, 0.5) is 5.82 Å². The molecule has 2 aromatic heterocycles. The maximum atomic E-state index is 12.1. The molecule has 0 aromatic carbocycles. The Kier molecular flexibility index (Phi) is 4.41. The number of nitrogens with two attached hydrogens (primary N) is 1. The number of aromatic nitrogens is 1. The number of anilines is 1. The average Bonchev–Trinajstić information content (AvgIpc) is 2.89. The van der Waals surface area contributed by atoms with E-state index in [-0.39, 0.29) is 16.8 Å². The third kappa shape index (κ3) is 3.82. The number of sulfonamides is 1. The first-order chi connectivity index (χ1) is 9.47. The molecule has 20 heavy (non-hydrogen) atoms. The van der Waals surface area contributed by atoms with Crippen molar-refractivity contribution in [3.05, 3.63) is 42.5 Å². The first-order valence-electron chi connectivity index (χ1n) is 6.23. The van der Waals surface area contributed by atoms with Crippen molar-refractivity contribution in [2.45, 2.75) is 30.7 Å². The van der Waals surface area contributed by atoms with Crippen molar-refractivity contribution >= 4 is 15.8 Å². The smallest absolute Gasteiger partial charge is 0.242 e. The third-order valence-corrected chi connectivity index (χ3v) is 4.40. The van der Waals surface area contributed by atoms with Crippen LogP contribution in [0.5, 0.6) is 0 Å². The summed E-state index contributed by atoms with van der Waals surface area (Å²) in [5.74, 6) is 1.13. The highest BCUT2D eigenvalue weighted by Gasteiger charge is 2.17. The monoisotopic (exact) mass is 295 g/mol. The first kappa shape index (κ1) is 14.5. The van der Waals surface area contributed by atoms with E-state index in [0.29, 0.717) is 12.8 Å². The number of hydrogen-bond donors (Lipinski definition) is 2. The van der Waals surface area contributed by atoms with E-state index < -0.39 is 10.0 Å². The maximum absolute atomic E-state index is 12.1. The molecule has 2 heterocycles. The van der Waals surface area contributed by atoms with Crippen LogP contribution < -0.4 is 10.5 Å². The minimum atomic E-state index is -3.57. The van der Waals surface area contributed by atoms with Gasteiger partial charge in [-0.1, -0.05) is 0 Å². The van der Waals surface area contributed by atoms with E-state index in [9.17, 15) is 8.42 Å². The Balaban J connectivity index is 1.95. The van der Waals surface area contributed by atoms with Gasteiger partial charge in [0.1, 0.15) is 16.5 Å². The first-order valence-corrected chi connectivity index (χ1v) is 7.72. The van der Waals surface area contributed by atoms with Gasteiger partial charge in [-0.05, 0) is 37.6 Å². The normalized spacial score (nSPS) is 13.2. The predicted molar refractivity (Wildman–Crippen MR) is 75.5 cm³/mol. The van der Waals surface area contributed by atoms with E-state index in [1.165, 1.54) is 18.3 Å². The van der Waals surface area contributed by atoms with Crippen LogP contribution in [0.15, 0.2) is 46.0 Å². The summed E-state index contributed by atoms with van der Waals surface area (Å²) in [5.41, 5.74) is 5.44. The summed E-state index contributed by atoms with van der Waals surface area (Å²) in [6.07, 6.45) is 4.17. The fraction of sp³-hybridized carbons (Fsp3) is 0.308. The highest BCUT2D eigenvalue weighted by Crippen LogP contribution is 2.11. The molecule has 0 aliphatic heterocycles. The van der Waals surface area contributed by atoms with Crippen LogP contribution in [0.25, 0.3) is 0 Å². The summed E-state index contributed by atoms with van der Waals surface area (Å²) in [6, 6.07) is 6.36. The number of aryl methyl sites for hydroxylation is 1. The van der Waals surface area contributed by atoms with Gasteiger partial charge < -0.3 is 10.2 Å². The molecule has 0 bridgehead atoms. The molecule has 108 valence electrons. The van der Waals surface area contributed by atoms with Gasteiger partial charge in [0.05, 0.1) is 6.26 Å². The Morgan fingerprint density at radius 1 is 1.40 bits per heavy atom. The molecule has 0 spiro atoms. The zero-order valence-electron chi connectivity index (χ0n) is 11.1. The summed E-state index contributed by atoms with van der Waals surface area (Å²) in [4.78, 5) is 3.89. The Morgan fingerprint density at radius 3 is 2.80 bits per heavy atom. The van der Waals surface area contributed by atoms with Gasteiger partial charge in [-0.25, -0.2) is 18.1 Å². The fourth-order valence-corrected chi connectivity index (χ4v) is 2.98. The highest BCUT2D eigenvalue weighted by molar-refractivity contribution is 7.89. The number of nitrogens with one attached hydrogen (secondary N) is 1. The molecule has 2 aromatic rings. The van der Waals surface area contributed by atoms with Crippen molar-refractivity contribution in [1.29, 1.82) is 0 Å². The summed E-state index contributed by atoms with van der Waals surface area (Å²) in [7, 11) is -3.57. The van der Waals surface area contributed by atoms with Gasteiger partial charge in [-0.15, -0.1) is 0 Å². The zero-order valence-corrected chi connectivity index (χ0v) is 11.9. The third-order valence-electron chi connectivity index (χ3n) is 2.83. The van der Waals surface area contributed by atoms with Crippen LogP contribution in [0.3, 0.4) is 0 Å². The number of furan rings is 1. The fourth-order valence-electron chi connectivity index (χ4n) is 1.76. The number of nitrogens with zero attached hydrogens (tertiary/aromatic N) is 1. The van der Waals surface area contributed by atoms with Gasteiger partial charge in [-0.3, -0.25) is 0 Å². The largest absolute Gasteiger partial charge is 0.469 e. The summed E-state index contributed by atoms with van der Waals surface area (Å²) >= 11 is 0. The summed E-state index contributed by atoms with van der Waals surface area (Å²) < 4.78 is 32.0. The molecular weight excluding hydrogens is 278 g/mol. The van der Waals surface area contributed by atoms with E-state index in [4.69, 9.17) is 10.2 Å². The Bertz CT molecular complexity index is 636. The van der Waals surface area contributed by atoms with E-state index in [0.717, 1.165) is 5.76 Å². The number of hydrogen-bond acceptors (Lipinski definition) is 5. The molecular formula is C13H17N3O3S. The minimum absolute atomic E-state index is 0.108. The van der Waals surface area contributed by atoms with Gasteiger partial charge in [0.15, 0.2) is 0 Å². The number of pyridine rings is 1. The van der Waals surface area contributed by atoms with Crippen LogP contribution in [0.2, 0.25) is 0 Å². The molecule has 0 saturated carbocycles. The van der Waals surface area contributed by atoms with Gasteiger partial charge >= 0.3 is 0 Å². The lowest BCUT2D eigenvalue weighted by atomic mass is 10.2. The lowest BCUT2D eigenvalue weighted by molar-refractivity contribution is 0.480. The Hall–Kier alpha value is -1.86. The van der Waals surface area contributed by atoms with Gasteiger partial charge in [0, 0.05) is 18.7 Å². The van der Waals surface area contributed by atoms with Crippen LogP contribution in [-0.4, -0.2) is 19.4 Å². The van der Waals surface area contributed by atoms with E-state index in [1.54, 1.807) is 6.26 Å². The molecule has 0 radical (unpaired) electrons. The number of nitrogen functional groups attached to an aromatic ring is 1. The van der Waals surface area contributed by atoms with E-state index in [1.807, 2.05) is 19.1 Å². The molecule has 7 heteroatoms. The van der Waals surface area contributed by atoms with Gasteiger partial charge in [0.2, 0.25) is 10.0 Å². The lowest BCUT2D eigenvalue weighted by Gasteiger charge is -2.13. The van der Waals surface area contributed by atoms with Crippen LogP contribution in [0, 0.1) is 0 Å². The highest BCUT2D eigenvalue weighted by atomic mass is 32.2. The lowest BCUT2D eigenvalue weighted by Crippen LogP contribution is -2.33. The SMILES string of the molecule is CC(CCc1ccco1)NS(=O)(=O)c1ccc(N)nc1. The summed E-state index contributed by atoms with van der Waals surface area (Å²) in [5, 5.41) is 0. The Morgan fingerprint density at radius 2 is 2.20 bits per heavy atom. The van der Waals surface area contributed by atoms with Crippen molar-refractivity contribution in [2.24, 2.45) is 0 Å². The van der Waals surface area contributed by atoms with Gasteiger partial charge in [-0.2, -0.15) is 0 Å². The molecule has 3 N–H and O–H groups in total. The van der Waals surface area contributed by atoms with Crippen LogP contribution in [-0.2, 0) is 16.4 Å². The van der Waals surface area contributed by atoms with Crippen molar-refractivity contribution in [3.63, 3.8) is 0 Å². The topological polar surface area (TPSA) is 98.2 Å². The standard InChI is InChI=1S/C13H17N3O3S/c1-10(4-5-11-3-2-8-19-11)16-20(17,18)12-6-7-13(14)15-9-12/h2-3,6-10,16H,4-5H2,1H3,(H2,14,15). The second kappa shape index (κ2) is 6.06. The molecule has 0 aliphatic rings. The van der Waals surface area contributed by atoms with Gasteiger partial charge in [0.25, 0.3) is 0 Å². The molecule has 6 nitrogen and oxygen atoms in total. The molecule has 1 atom stereocenters. The summed E-state index contributed by atoms with van der Waals surface area (Å²) in [6.45, 7) is 1.81. The molecule has 0 fully saturated rings. The average molecular weight is 295 g/mol. The quantitative estimate of drug-likeness (QED) is 0.842. The molecule has 1 unspecified atom stereocenters. The van der Waals surface area contributed by atoms with Crippen LogP contribution >= 0.6 is 0 Å². The number of rotatable bonds is 6. The van der Waals surface area contributed by atoms with Crippen LogP contribution in [0.1, 0.15) is 19.1 Å². The molecule has 0 saturated heterocycles. The van der Waals surface area contributed by atoms with Crippen molar-refractivity contribution in [3.8, 4) is 0 Å². The second-order valence-corrected chi connectivity index (χ2v) is 6.27. The van der Waals surface area contributed by atoms with E-state index >= 15 is 0 Å².